The number of aryl methyl sites for hydroxylation is 1. The Kier molecular flexibility index (Phi) is 4.01. The molecule has 2 rings (SSSR count). The normalized spacial score (nSPS) is 10.2. The molecule has 1 heterocycles. The molecule has 0 radical (unpaired) electrons. The molecule has 1 amide bonds. The van der Waals surface area contributed by atoms with Gasteiger partial charge in [-0.15, -0.1) is 11.3 Å². The Labute approximate surface area is 122 Å². The molecule has 0 aliphatic heterocycles. The van der Waals surface area contributed by atoms with Gasteiger partial charge in [0.05, 0.1) is 5.00 Å². The summed E-state index contributed by atoms with van der Waals surface area (Å²) in [4.78, 5) is 23.2. The molecule has 0 saturated carbocycles. The average Bonchev–Trinajstić information content (AvgIpc) is 2.70. The maximum Gasteiger partial charge on any atom is 0.346 e. The zero-order chi connectivity index (χ0) is 14.0. The molecule has 0 aliphatic carbocycles. The number of hydrogen-bond acceptors (Lipinski definition) is 3. The van der Waals surface area contributed by atoms with Crippen LogP contribution < -0.4 is 5.32 Å². The van der Waals surface area contributed by atoms with Crippen molar-refractivity contribution in [2.24, 2.45) is 0 Å². The number of benzene rings is 1. The number of halogens is 1. The fraction of sp³-hybridized carbons (Fsp3) is 0.0769. The summed E-state index contributed by atoms with van der Waals surface area (Å²) in [5, 5.41) is 12.2. The van der Waals surface area contributed by atoms with Gasteiger partial charge in [-0.25, -0.2) is 4.79 Å². The molecule has 98 valence electrons. The Morgan fingerprint density at radius 1 is 1.32 bits per heavy atom. The van der Waals surface area contributed by atoms with E-state index >= 15 is 0 Å². The summed E-state index contributed by atoms with van der Waals surface area (Å²) in [6, 6.07) is 8.65. The Morgan fingerprint density at radius 3 is 2.63 bits per heavy atom. The van der Waals surface area contributed by atoms with Gasteiger partial charge in [0, 0.05) is 10.0 Å². The highest BCUT2D eigenvalue weighted by Crippen LogP contribution is 2.27. The van der Waals surface area contributed by atoms with Crippen LogP contribution in [0.4, 0.5) is 5.00 Å². The molecular weight excluding hydrogens is 330 g/mol. The van der Waals surface area contributed by atoms with E-state index in [1.807, 2.05) is 6.07 Å². The zero-order valence-electron chi connectivity index (χ0n) is 9.94. The smallest absolute Gasteiger partial charge is 0.346 e. The van der Waals surface area contributed by atoms with Gasteiger partial charge in [0.15, 0.2) is 0 Å². The van der Waals surface area contributed by atoms with E-state index in [1.165, 1.54) is 0 Å². The van der Waals surface area contributed by atoms with Gasteiger partial charge in [0.2, 0.25) is 0 Å². The van der Waals surface area contributed by atoms with E-state index in [0.29, 0.717) is 16.1 Å². The third kappa shape index (κ3) is 3.21. The number of amides is 1. The van der Waals surface area contributed by atoms with Crippen molar-refractivity contribution in [3.05, 3.63) is 50.8 Å². The lowest BCUT2D eigenvalue weighted by molar-refractivity contribution is 0.0701. The van der Waals surface area contributed by atoms with Crippen LogP contribution in [0.2, 0.25) is 0 Å². The number of hydrogen-bond donors (Lipinski definition) is 2. The summed E-state index contributed by atoms with van der Waals surface area (Å²) < 4.78 is 0.814. The second-order valence-electron chi connectivity index (χ2n) is 3.89. The van der Waals surface area contributed by atoms with Gasteiger partial charge in [0.25, 0.3) is 5.91 Å². The summed E-state index contributed by atoms with van der Waals surface area (Å²) in [6.45, 7) is 1.70. The van der Waals surface area contributed by atoms with Gasteiger partial charge >= 0.3 is 5.97 Å². The molecule has 0 unspecified atom stereocenters. The zero-order valence-corrected chi connectivity index (χ0v) is 12.3. The first-order valence-corrected chi connectivity index (χ1v) is 6.99. The molecule has 2 N–H and O–H groups in total. The largest absolute Gasteiger partial charge is 0.477 e. The van der Waals surface area contributed by atoms with Crippen molar-refractivity contribution < 1.29 is 14.7 Å². The van der Waals surface area contributed by atoms with Crippen LogP contribution in [0.15, 0.2) is 34.8 Å². The number of rotatable bonds is 3. The lowest BCUT2D eigenvalue weighted by Gasteiger charge is -2.02. The first-order chi connectivity index (χ1) is 8.97. The minimum atomic E-state index is -0.981. The van der Waals surface area contributed by atoms with Gasteiger partial charge in [-0.3, -0.25) is 4.79 Å². The standard InChI is InChI=1S/C13H10BrNO3S/c1-7-5-10(19-11(7)13(17)18)15-12(16)8-3-2-4-9(14)6-8/h2-6H,1H3,(H,15,16)(H,17,18). The van der Waals surface area contributed by atoms with E-state index in [1.54, 1.807) is 31.2 Å². The van der Waals surface area contributed by atoms with Crippen LogP contribution in [0.1, 0.15) is 25.6 Å². The van der Waals surface area contributed by atoms with Crippen LogP contribution in [0.3, 0.4) is 0 Å². The Morgan fingerprint density at radius 2 is 2.05 bits per heavy atom. The molecule has 0 bridgehead atoms. The van der Waals surface area contributed by atoms with E-state index in [2.05, 4.69) is 21.2 Å². The molecule has 0 aliphatic rings. The second-order valence-corrected chi connectivity index (χ2v) is 5.86. The minimum absolute atomic E-state index is 0.240. The highest BCUT2D eigenvalue weighted by atomic mass is 79.9. The first-order valence-electron chi connectivity index (χ1n) is 5.38. The van der Waals surface area contributed by atoms with Crippen LogP contribution in [0, 0.1) is 6.92 Å². The summed E-state index contributed by atoms with van der Waals surface area (Å²) in [7, 11) is 0. The first kappa shape index (κ1) is 13.8. The maximum absolute atomic E-state index is 12.0. The fourth-order valence-electron chi connectivity index (χ4n) is 1.57. The highest BCUT2D eigenvalue weighted by Gasteiger charge is 2.14. The fourth-order valence-corrected chi connectivity index (χ4v) is 2.88. The highest BCUT2D eigenvalue weighted by molar-refractivity contribution is 9.10. The number of carbonyl (C=O) groups is 2. The Balaban J connectivity index is 2.20. The van der Waals surface area contributed by atoms with Gasteiger partial charge < -0.3 is 10.4 Å². The number of thiophene rings is 1. The van der Waals surface area contributed by atoms with Gasteiger partial charge in [-0.05, 0) is 36.8 Å². The van der Waals surface area contributed by atoms with Gasteiger partial charge in [-0.2, -0.15) is 0 Å². The van der Waals surface area contributed by atoms with Crippen LogP contribution in [0.5, 0.6) is 0 Å². The topological polar surface area (TPSA) is 66.4 Å². The molecule has 2 aromatic rings. The second kappa shape index (κ2) is 5.54. The van der Waals surface area contributed by atoms with Crippen molar-refractivity contribution >= 4 is 44.1 Å². The maximum atomic E-state index is 12.0. The number of nitrogens with one attached hydrogen (secondary N) is 1. The molecule has 1 aromatic heterocycles. The Bertz CT molecular complexity index is 651. The predicted octanol–water partition coefficient (Wildman–Crippen LogP) is 3.77. The molecular formula is C13H10BrNO3S. The molecule has 0 spiro atoms. The summed E-state index contributed by atoms with van der Waals surface area (Å²) in [5.41, 5.74) is 1.15. The number of carbonyl (C=O) groups excluding carboxylic acids is 1. The number of aromatic carboxylic acids is 1. The van der Waals surface area contributed by atoms with E-state index in [0.717, 1.165) is 15.8 Å². The Hall–Kier alpha value is -1.66. The van der Waals surface area contributed by atoms with Crippen LogP contribution >= 0.6 is 27.3 Å². The third-order valence-corrected chi connectivity index (χ3v) is 4.07. The number of anilines is 1. The lowest BCUT2D eigenvalue weighted by atomic mass is 10.2. The summed E-state index contributed by atoms with van der Waals surface area (Å²) in [5.74, 6) is -1.25. The predicted molar refractivity (Wildman–Crippen MR) is 78.1 cm³/mol. The molecule has 0 fully saturated rings. The average molecular weight is 340 g/mol. The summed E-state index contributed by atoms with van der Waals surface area (Å²) >= 11 is 4.35. The van der Waals surface area contributed by atoms with Gasteiger partial charge in [0.1, 0.15) is 4.88 Å². The molecule has 0 saturated heterocycles. The minimum Gasteiger partial charge on any atom is -0.477 e. The van der Waals surface area contributed by atoms with Crippen LogP contribution in [-0.4, -0.2) is 17.0 Å². The SMILES string of the molecule is Cc1cc(NC(=O)c2cccc(Br)c2)sc1C(=O)O. The van der Waals surface area contributed by atoms with E-state index in [4.69, 9.17) is 5.11 Å². The molecule has 19 heavy (non-hydrogen) atoms. The van der Waals surface area contributed by atoms with Crippen LogP contribution in [0.25, 0.3) is 0 Å². The monoisotopic (exact) mass is 339 g/mol. The van der Waals surface area contributed by atoms with Crippen molar-refractivity contribution in [1.82, 2.24) is 0 Å². The number of carboxylic acid groups (broad SMARTS) is 1. The quantitative estimate of drug-likeness (QED) is 0.894. The van der Waals surface area contributed by atoms with Gasteiger partial charge in [-0.1, -0.05) is 22.0 Å². The van der Waals surface area contributed by atoms with Crippen molar-refractivity contribution in [3.63, 3.8) is 0 Å². The van der Waals surface area contributed by atoms with E-state index < -0.39 is 5.97 Å². The van der Waals surface area contributed by atoms with Crippen molar-refractivity contribution in [2.75, 3.05) is 5.32 Å². The third-order valence-electron chi connectivity index (χ3n) is 2.44. The molecule has 0 atom stereocenters. The van der Waals surface area contributed by atoms with E-state index in [9.17, 15) is 9.59 Å². The van der Waals surface area contributed by atoms with Crippen molar-refractivity contribution in [2.45, 2.75) is 6.92 Å². The van der Waals surface area contributed by atoms with Crippen LogP contribution in [-0.2, 0) is 0 Å². The molecule has 6 heteroatoms. The molecule has 4 nitrogen and oxygen atoms in total. The van der Waals surface area contributed by atoms with Crippen molar-refractivity contribution in [1.29, 1.82) is 0 Å². The lowest BCUT2D eigenvalue weighted by Crippen LogP contribution is -2.10. The van der Waals surface area contributed by atoms with Crippen molar-refractivity contribution in [3.8, 4) is 0 Å². The molecule has 1 aromatic carbocycles. The number of carboxylic acids is 1. The summed E-state index contributed by atoms with van der Waals surface area (Å²) in [6.07, 6.45) is 0. The van der Waals surface area contributed by atoms with E-state index in [-0.39, 0.29) is 10.8 Å².